The molecular weight excluding hydrogens is 303 g/mol. The van der Waals surface area contributed by atoms with Crippen molar-refractivity contribution in [3.8, 4) is 22.8 Å². The van der Waals surface area contributed by atoms with Gasteiger partial charge in [-0.25, -0.2) is 0 Å². The Morgan fingerprint density at radius 3 is 2.33 bits per heavy atom. The van der Waals surface area contributed by atoms with Crippen LogP contribution in [0.1, 0.15) is 5.56 Å². The summed E-state index contributed by atoms with van der Waals surface area (Å²) in [4.78, 5) is 2.74. The Morgan fingerprint density at radius 1 is 1.05 bits per heavy atom. The summed E-state index contributed by atoms with van der Waals surface area (Å²) in [6.07, 6.45) is -4.47. The van der Waals surface area contributed by atoms with Crippen LogP contribution in [0.3, 0.4) is 0 Å². The van der Waals surface area contributed by atoms with Gasteiger partial charge in [-0.15, -0.1) is 0 Å². The third kappa shape index (κ3) is 3.36. The van der Waals surface area contributed by atoms with Crippen LogP contribution in [0.2, 0.25) is 0 Å². The van der Waals surface area contributed by atoms with Crippen LogP contribution >= 0.6 is 12.2 Å². The van der Waals surface area contributed by atoms with Gasteiger partial charge in [0.05, 0.1) is 25.5 Å². The maximum Gasteiger partial charge on any atom is 0.416 e. The summed E-state index contributed by atoms with van der Waals surface area (Å²) in [5.41, 5.74) is -0.161. The van der Waals surface area contributed by atoms with Crippen LogP contribution in [0.25, 0.3) is 11.3 Å². The van der Waals surface area contributed by atoms with E-state index in [1.165, 1.54) is 14.2 Å². The zero-order chi connectivity index (χ0) is 15.6. The number of pyridine rings is 1. The lowest BCUT2D eigenvalue weighted by atomic mass is 10.1. The van der Waals surface area contributed by atoms with Gasteiger partial charge in [0.25, 0.3) is 0 Å². The molecule has 0 bridgehead atoms. The molecule has 0 aliphatic rings. The van der Waals surface area contributed by atoms with Gasteiger partial charge in [-0.05, 0) is 30.3 Å². The van der Waals surface area contributed by atoms with E-state index in [9.17, 15) is 13.2 Å². The van der Waals surface area contributed by atoms with Gasteiger partial charge in [-0.2, -0.15) is 13.2 Å². The molecule has 0 unspecified atom stereocenters. The van der Waals surface area contributed by atoms with Crippen LogP contribution in [-0.4, -0.2) is 19.2 Å². The number of methoxy groups -OCH3 is 2. The number of H-pyrrole nitrogens is 1. The first-order chi connectivity index (χ1) is 9.85. The first-order valence-corrected chi connectivity index (χ1v) is 6.30. The number of aromatic amines is 1. The van der Waals surface area contributed by atoms with E-state index in [4.69, 9.17) is 21.7 Å². The van der Waals surface area contributed by atoms with Gasteiger partial charge in [0.2, 0.25) is 0 Å². The molecule has 0 aliphatic carbocycles. The Morgan fingerprint density at radius 2 is 1.76 bits per heavy atom. The Balaban J connectivity index is 2.66. The average molecular weight is 315 g/mol. The molecule has 7 heteroatoms. The van der Waals surface area contributed by atoms with E-state index in [-0.39, 0.29) is 10.3 Å². The minimum Gasteiger partial charge on any atom is -0.497 e. The summed E-state index contributed by atoms with van der Waals surface area (Å²) in [7, 11) is 2.91. The van der Waals surface area contributed by atoms with Crippen molar-refractivity contribution in [3.63, 3.8) is 0 Å². The highest BCUT2D eigenvalue weighted by Gasteiger charge is 2.31. The number of rotatable bonds is 3. The fourth-order valence-electron chi connectivity index (χ4n) is 1.88. The zero-order valence-electron chi connectivity index (χ0n) is 11.2. The molecule has 0 amide bonds. The van der Waals surface area contributed by atoms with Crippen LogP contribution in [-0.2, 0) is 6.18 Å². The Labute approximate surface area is 124 Å². The molecule has 0 atom stereocenters. The Kier molecular flexibility index (Phi) is 4.22. The fraction of sp³-hybridized carbons (Fsp3) is 0.214. The minimum absolute atomic E-state index is 0.00954. The normalized spacial score (nSPS) is 11.3. The second-order valence-electron chi connectivity index (χ2n) is 4.21. The van der Waals surface area contributed by atoms with Gasteiger partial charge < -0.3 is 14.5 Å². The van der Waals surface area contributed by atoms with Crippen LogP contribution in [0.4, 0.5) is 13.2 Å². The van der Waals surface area contributed by atoms with Crippen molar-refractivity contribution >= 4 is 12.2 Å². The van der Waals surface area contributed by atoms with E-state index >= 15 is 0 Å². The molecule has 112 valence electrons. The van der Waals surface area contributed by atoms with Crippen LogP contribution in [0.5, 0.6) is 11.5 Å². The van der Waals surface area contributed by atoms with Crippen LogP contribution < -0.4 is 9.47 Å². The van der Waals surface area contributed by atoms with Crippen molar-refractivity contribution in [1.29, 1.82) is 0 Å². The van der Waals surface area contributed by atoms with Gasteiger partial charge in [0.15, 0.2) is 0 Å². The first kappa shape index (κ1) is 15.4. The number of alkyl halides is 3. The molecule has 0 saturated carbocycles. The fourth-order valence-corrected chi connectivity index (χ4v) is 2.11. The van der Waals surface area contributed by atoms with Gasteiger partial charge in [-0.3, -0.25) is 0 Å². The predicted molar refractivity (Wildman–Crippen MR) is 75.2 cm³/mol. The molecule has 1 heterocycles. The molecule has 0 spiro atoms. The predicted octanol–water partition coefficient (Wildman–Crippen LogP) is 4.45. The van der Waals surface area contributed by atoms with E-state index in [0.29, 0.717) is 17.1 Å². The number of ether oxygens (including phenoxy) is 2. The lowest BCUT2D eigenvalue weighted by Crippen LogP contribution is -2.06. The molecule has 2 rings (SSSR count). The first-order valence-electron chi connectivity index (χ1n) is 5.89. The molecule has 1 N–H and O–H groups in total. The lowest BCUT2D eigenvalue weighted by Gasteiger charge is -2.13. The Bertz CT molecular complexity index is 710. The summed E-state index contributed by atoms with van der Waals surface area (Å²) < 4.78 is 48.9. The van der Waals surface area contributed by atoms with Crippen molar-refractivity contribution in [2.75, 3.05) is 14.2 Å². The van der Waals surface area contributed by atoms with Crippen molar-refractivity contribution in [3.05, 3.63) is 40.5 Å². The Hall–Kier alpha value is -2.02. The highest BCUT2D eigenvalue weighted by molar-refractivity contribution is 7.71. The van der Waals surface area contributed by atoms with E-state index in [0.717, 1.165) is 12.1 Å². The number of benzene rings is 1. The van der Waals surface area contributed by atoms with Gasteiger partial charge >= 0.3 is 6.18 Å². The minimum atomic E-state index is -4.47. The van der Waals surface area contributed by atoms with E-state index in [1.54, 1.807) is 18.2 Å². The number of hydrogen-bond donors (Lipinski definition) is 1. The molecule has 21 heavy (non-hydrogen) atoms. The highest BCUT2D eigenvalue weighted by atomic mass is 32.1. The third-order valence-corrected chi connectivity index (χ3v) is 3.09. The highest BCUT2D eigenvalue weighted by Crippen LogP contribution is 2.36. The van der Waals surface area contributed by atoms with E-state index in [1.807, 2.05) is 0 Å². The molecule has 3 nitrogen and oxygen atoms in total. The quantitative estimate of drug-likeness (QED) is 0.850. The monoisotopic (exact) mass is 315 g/mol. The maximum absolute atomic E-state index is 12.9. The number of nitrogens with one attached hydrogen (secondary N) is 1. The smallest absolute Gasteiger partial charge is 0.416 e. The second kappa shape index (κ2) is 5.77. The molecular formula is C14H12F3NO2S. The largest absolute Gasteiger partial charge is 0.497 e. The van der Waals surface area contributed by atoms with E-state index < -0.39 is 11.7 Å². The molecule has 0 radical (unpaired) electrons. The number of aromatic nitrogens is 1. The van der Waals surface area contributed by atoms with Crippen molar-refractivity contribution in [2.45, 2.75) is 6.18 Å². The number of hydrogen-bond acceptors (Lipinski definition) is 3. The molecule has 2 aromatic rings. The second-order valence-corrected chi connectivity index (χ2v) is 4.65. The molecule has 1 aromatic heterocycles. The van der Waals surface area contributed by atoms with Gasteiger partial charge in [0, 0.05) is 5.56 Å². The van der Waals surface area contributed by atoms with Crippen LogP contribution in [0, 0.1) is 4.64 Å². The zero-order valence-corrected chi connectivity index (χ0v) is 12.1. The van der Waals surface area contributed by atoms with Crippen LogP contribution in [0.15, 0.2) is 30.3 Å². The number of halogens is 3. The standard InChI is InChI=1S/C14H12F3NO2S/c1-19-9-3-4-12(20-2)10(7-9)11-5-8(14(15,16)17)6-13(21)18-11/h3-7H,1-2H3,(H,18,21). The van der Waals surface area contributed by atoms with E-state index in [2.05, 4.69) is 4.98 Å². The summed E-state index contributed by atoms with van der Waals surface area (Å²) in [5.74, 6) is 0.920. The topological polar surface area (TPSA) is 34.2 Å². The maximum atomic E-state index is 12.9. The molecule has 1 aromatic carbocycles. The lowest BCUT2D eigenvalue weighted by molar-refractivity contribution is -0.137. The molecule has 0 fully saturated rings. The van der Waals surface area contributed by atoms with Gasteiger partial charge in [0.1, 0.15) is 16.1 Å². The average Bonchev–Trinajstić information content (AvgIpc) is 2.45. The van der Waals surface area contributed by atoms with Crippen molar-refractivity contribution in [2.24, 2.45) is 0 Å². The van der Waals surface area contributed by atoms with Crippen molar-refractivity contribution in [1.82, 2.24) is 4.98 Å². The summed E-state index contributed by atoms with van der Waals surface area (Å²) in [6.45, 7) is 0. The SMILES string of the molecule is COc1ccc(OC)c(-c2cc(C(F)(F)F)cc(=S)[nH]2)c1. The van der Waals surface area contributed by atoms with Gasteiger partial charge in [-0.1, -0.05) is 12.2 Å². The molecule has 0 saturated heterocycles. The summed E-state index contributed by atoms with van der Waals surface area (Å²) >= 11 is 4.87. The molecule has 0 aliphatic heterocycles. The third-order valence-electron chi connectivity index (χ3n) is 2.87. The summed E-state index contributed by atoms with van der Waals surface area (Å²) in [5, 5.41) is 0. The van der Waals surface area contributed by atoms with Crippen molar-refractivity contribution < 1.29 is 22.6 Å². The summed E-state index contributed by atoms with van der Waals surface area (Å²) in [6, 6.07) is 6.73.